The van der Waals surface area contributed by atoms with Crippen LogP contribution in [0.1, 0.15) is 31.2 Å². The average molecular weight is 338 g/mol. The Morgan fingerprint density at radius 1 is 1.04 bits per heavy atom. The summed E-state index contributed by atoms with van der Waals surface area (Å²) in [7, 11) is 0. The molecule has 1 aromatic heterocycles. The van der Waals surface area contributed by atoms with Crippen LogP contribution in [-0.4, -0.2) is 27.9 Å². The van der Waals surface area contributed by atoms with Gasteiger partial charge in [-0.3, -0.25) is 0 Å². The number of ether oxygens (including phenoxy) is 1. The molecule has 1 heterocycles. The summed E-state index contributed by atoms with van der Waals surface area (Å²) in [5, 5.41) is 9.11. The SMILES string of the molecule is CCc1ccc(OCCCn2c(CCCO)nc3ccccc32)cc1. The van der Waals surface area contributed by atoms with Crippen molar-refractivity contribution >= 4 is 11.0 Å². The van der Waals surface area contributed by atoms with Crippen LogP contribution in [-0.2, 0) is 19.4 Å². The topological polar surface area (TPSA) is 47.3 Å². The summed E-state index contributed by atoms with van der Waals surface area (Å²) in [6.07, 6.45) is 3.50. The van der Waals surface area contributed by atoms with E-state index in [-0.39, 0.29) is 6.61 Å². The molecule has 25 heavy (non-hydrogen) atoms. The molecule has 0 amide bonds. The number of aliphatic hydroxyl groups is 1. The van der Waals surface area contributed by atoms with Gasteiger partial charge >= 0.3 is 0 Å². The predicted octanol–water partition coefficient (Wildman–Crippen LogP) is 3.99. The second-order valence-electron chi connectivity index (χ2n) is 6.20. The van der Waals surface area contributed by atoms with E-state index < -0.39 is 0 Å². The summed E-state index contributed by atoms with van der Waals surface area (Å²) < 4.78 is 8.12. The van der Waals surface area contributed by atoms with E-state index in [1.807, 2.05) is 30.3 Å². The second kappa shape index (κ2) is 8.67. The summed E-state index contributed by atoms with van der Waals surface area (Å²) in [4.78, 5) is 4.72. The van der Waals surface area contributed by atoms with E-state index in [1.54, 1.807) is 0 Å². The number of hydrogen-bond donors (Lipinski definition) is 1. The lowest BCUT2D eigenvalue weighted by molar-refractivity contribution is 0.285. The molecule has 0 unspecified atom stereocenters. The van der Waals surface area contributed by atoms with Gasteiger partial charge in [0.2, 0.25) is 0 Å². The van der Waals surface area contributed by atoms with Crippen molar-refractivity contribution in [2.24, 2.45) is 0 Å². The van der Waals surface area contributed by atoms with Gasteiger partial charge in [0.05, 0.1) is 17.6 Å². The third-order valence-corrected chi connectivity index (χ3v) is 4.42. The normalized spacial score (nSPS) is 11.1. The summed E-state index contributed by atoms with van der Waals surface area (Å²) >= 11 is 0. The number of aryl methyl sites for hydroxylation is 3. The molecule has 3 rings (SSSR count). The predicted molar refractivity (Wildman–Crippen MR) is 101 cm³/mol. The standard InChI is InChI=1S/C21H26N2O2/c1-2-17-10-12-18(13-11-17)25-16-6-14-23-20-8-4-3-7-19(20)22-21(23)9-5-15-24/h3-4,7-8,10-13,24H,2,5-6,9,14-16H2,1H3. The minimum Gasteiger partial charge on any atom is -0.494 e. The molecule has 0 radical (unpaired) electrons. The lowest BCUT2D eigenvalue weighted by Crippen LogP contribution is -2.08. The number of nitrogens with zero attached hydrogens (tertiary/aromatic N) is 2. The van der Waals surface area contributed by atoms with Crippen molar-refractivity contribution < 1.29 is 9.84 Å². The third-order valence-electron chi connectivity index (χ3n) is 4.42. The Balaban J connectivity index is 1.61. The van der Waals surface area contributed by atoms with Gasteiger partial charge in [-0.25, -0.2) is 4.98 Å². The van der Waals surface area contributed by atoms with E-state index in [9.17, 15) is 0 Å². The Morgan fingerprint density at radius 2 is 1.84 bits per heavy atom. The molecule has 4 heteroatoms. The van der Waals surface area contributed by atoms with Crippen LogP contribution in [0.2, 0.25) is 0 Å². The highest BCUT2D eigenvalue weighted by Crippen LogP contribution is 2.18. The average Bonchev–Trinajstić information content (AvgIpc) is 3.01. The number of benzene rings is 2. The first-order valence-corrected chi connectivity index (χ1v) is 9.08. The molecule has 0 aliphatic rings. The van der Waals surface area contributed by atoms with Crippen LogP contribution in [0.25, 0.3) is 11.0 Å². The van der Waals surface area contributed by atoms with Gasteiger partial charge in [-0.1, -0.05) is 31.2 Å². The van der Waals surface area contributed by atoms with Crippen LogP contribution in [0.3, 0.4) is 0 Å². The first-order valence-electron chi connectivity index (χ1n) is 9.08. The van der Waals surface area contributed by atoms with E-state index in [0.29, 0.717) is 6.61 Å². The van der Waals surface area contributed by atoms with Crippen LogP contribution in [0.15, 0.2) is 48.5 Å². The first kappa shape index (κ1) is 17.5. The van der Waals surface area contributed by atoms with Gasteiger partial charge in [0.15, 0.2) is 0 Å². The fourth-order valence-electron chi connectivity index (χ4n) is 3.04. The maximum Gasteiger partial charge on any atom is 0.119 e. The van der Waals surface area contributed by atoms with Gasteiger partial charge in [0.25, 0.3) is 0 Å². The van der Waals surface area contributed by atoms with Gasteiger partial charge in [-0.2, -0.15) is 0 Å². The third kappa shape index (κ3) is 4.40. The zero-order valence-electron chi connectivity index (χ0n) is 14.8. The minimum absolute atomic E-state index is 0.195. The summed E-state index contributed by atoms with van der Waals surface area (Å²) in [6, 6.07) is 16.5. The Hall–Kier alpha value is -2.33. The number of hydrogen-bond acceptors (Lipinski definition) is 3. The highest BCUT2D eigenvalue weighted by atomic mass is 16.5. The molecule has 0 aliphatic heterocycles. The Bertz CT molecular complexity index is 793. The van der Waals surface area contributed by atoms with E-state index in [4.69, 9.17) is 14.8 Å². The molecule has 3 aromatic rings. The maximum absolute atomic E-state index is 9.11. The van der Waals surface area contributed by atoms with Gasteiger partial charge in [0, 0.05) is 19.6 Å². The first-order chi connectivity index (χ1) is 12.3. The molecule has 0 saturated carbocycles. The summed E-state index contributed by atoms with van der Waals surface area (Å²) in [5.74, 6) is 1.97. The van der Waals surface area contributed by atoms with Crippen LogP contribution in [0.4, 0.5) is 0 Å². The number of aliphatic hydroxyl groups excluding tert-OH is 1. The quantitative estimate of drug-likeness (QED) is 0.600. The van der Waals surface area contributed by atoms with Crippen molar-refractivity contribution in [2.45, 2.75) is 39.2 Å². The van der Waals surface area contributed by atoms with E-state index in [0.717, 1.165) is 54.8 Å². The van der Waals surface area contributed by atoms with E-state index >= 15 is 0 Å². The van der Waals surface area contributed by atoms with Crippen LogP contribution in [0, 0.1) is 0 Å². The highest BCUT2D eigenvalue weighted by molar-refractivity contribution is 5.75. The van der Waals surface area contributed by atoms with Crippen LogP contribution < -0.4 is 4.74 Å². The van der Waals surface area contributed by atoms with Crippen LogP contribution in [0.5, 0.6) is 5.75 Å². The Labute approximate surface area is 149 Å². The number of rotatable bonds is 9. The molecule has 0 atom stereocenters. The van der Waals surface area contributed by atoms with E-state index in [2.05, 4.69) is 29.7 Å². The number of fused-ring (bicyclic) bond motifs is 1. The second-order valence-corrected chi connectivity index (χ2v) is 6.20. The van der Waals surface area contributed by atoms with Gasteiger partial charge in [-0.15, -0.1) is 0 Å². The molecule has 0 saturated heterocycles. The van der Waals surface area contributed by atoms with E-state index in [1.165, 1.54) is 5.56 Å². The molecule has 132 valence electrons. The highest BCUT2D eigenvalue weighted by Gasteiger charge is 2.09. The Kier molecular flexibility index (Phi) is 6.07. The zero-order chi connectivity index (χ0) is 17.5. The summed E-state index contributed by atoms with van der Waals surface area (Å²) in [5.41, 5.74) is 3.50. The van der Waals surface area contributed by atoms with Crippen LogP contribution >= 0.6 is 0 Å². The lowest BCUT2D eigenvalue weighted by Gasteiger charge is -2.10. The van der Waals surface area contributed by atoms with Crippen molar-refractivity contribution in [1.82, 2.24) is 9.55 Å². The lowest BCUT2D eigenvalue weighted by atomic mass is 10.2. The Morgan fingerprint density at radius 3 is 2.60 bits per heavy atom. The molecule has 1 N–H and O–H groups in total. The van der Waals surface area contributed by atoms with Crippen molar-refractivity contribution in [3.05, 3.63) is 59.9 Å². The molecule has 0 bridgehead atoms. The zero-order valence-corrected chi connectivity index (χ0v) is 14.8. The molecule has 4 nitrogen and oxygen atoms in total. The largest absolute Gasteiger partial charge is 0.494 e. The molecular formula is C21H26N2O2. The monoisotopic (exact) mass is 338 g/mol. The van der Waals surface area contributed by atoms with Crippen molar-refractivity contribution in [2.75, 3.05) is 13.2 Å². The van der Waals surface area contributed by atoms with Gasteiger partial charge in [-0.05, 0) is 49.1 Å². The van der Waals surface area contributed by atoms with Crippen molar-refractivity contribution in [3.63, 3.8) is 0 Å². The smallest absolute Gasteiger partial charge is 0.119 e. The maximum atomic E-state index is 9.11. The van der Waals surface area contributed by atoms with Crippen molar-refractivity contribution in [3.8, 4) is 5.75 Å². The molecule has 0 spiro atoms. The fourth-order valence-corrected chi connectivity index (χ4v) is 3.04. The number of imidazole rings is 1. The molecule has 0 aliphatic carbocycles. The fraction of sp³-hybridized carbons (Fsp3) is 0.381. The molecule has 0 fully saturated rings. The molecule has 2 aromatic carbocycles. The minimum atomic E-state index is 0.195. The van der Waals surface area contributed by atoms with Gasteiger partial charge in [0.1, 0.15) is 11.6 Å². The van der Waals surface area contributed by atoms with Crippen molar-refractivity contribution in [1.29, 1.82) is 0 Å². The number of aromatic nitrogens is 2. The summed E-state index contributed by atoms with van der Waals surface area (Å²) in [6.45, 7) is 3.89. The molecular weight excluding hydrogens is 312 g/mol. The number of para-hydroxylation sites is 2. The van der Waals surface area contributed by atoms with Gasteiger partial charge < -0.3 is 14.4 Å².